The van der Waals surface area contributed by atoms with Crippen LogP contribution in [0.25, 0.3) is 0 Å². The van der Waals surface area contributed by atoms with Crippen molar-refractivity contribution in [1.29, 1.82) is 0 Å². The minimum Gasteiger partial charge on any atom is -0.338 e. The number of amides is 1. The SMILES string of the molecule is CCCN(C(=O)C1CCCC(C(F)(F)F)C1)C1CCNC1.Cl. The standard InChI is InChI=1S/C15H25F3N2O.ClH/c1-2-8-20(13-6-7-19-10-13)14(21)11-4-3-5-12(9-11)15(16,17)18;/h11-13,19H,2-10H2,1H3;1H. The molecule has 1 heterocycles. The zero-order valence-corrected chi connectivity index (χ0v) is 13.8. The molecule has 3 atom stereocenters. The molecule has 0 spiro atoms. The molecule has 0 aromatic rings. The molecular weight excluding hydrogens is 317 g/mol. The van der Waals surface area contributed by atoms with E-state index >= 15 is 0 Å². The quantitative estimate of drug-likeness (QED) is 0.849. The van der Waals surface area contributed by atoms with E-state index in [0.29, 0.717) is 19.4 Å². The normalized spacial score (nSPS) is 29.0. The summed E-state index contributed by atoms with van der Waals surface area (Å²) in [5, 5.41) is 3.23. The van der Waals surface area contributed by atoms with Gasteiger partial charge in [0, 0.05) is 25.0 Å². The number of carbonyl (C=O) groups is 1. The van der Waals surface area contributed by atoms with Crippen molar-refractivity contribution in [3.63, 3.8) is 0 Å². The molecular formula is C15H26ClF3N2O. The summed E-state index contributed by atoms with van der Waals surface area (Å²) >= 11 is 0. The summed E-state index contributed by atoms with van der Waals surface area (Å²) < 4.78 is 38.7. The van der Waals surface area contributed by atoms with Gasteiger partial charge < -0.3 is 10.2 Å². The molecule has 0 aromatic heterocycles. The molecule has 0 bridgehead atoms. The number of hydrogen-bond acceptors (Lipinski definition) is 2. The molecule has 3 nitrogen and oxygen atoms in total. The van der Waals surface area contributed by atoms with Crippen LogP contribution in [0.4, 0.5) is 13.2 Å². The second kappa shape index (κ2) is 8.39. The Labute approximate surface area is 136 Å². The Morgan fingerprint density at radius 1 is 1.27 bits per heavy atom. The van der Waals surface area contributed by atoms with Gasteiger partial charge in [0.05, 0.1) is 5.92 Å². The van der Waals surface area contributed by atoms with Gasteiger partial charge in [-0.25, -0.2) is 0 Å². The first kappa shape index (κ1) is 19.6. The molecule has 1 amide bonds. The second-order valence-corrected chi connectivity index (χ2v) is 6.28. The lowest BCUT2D eigenvalue weighted by molar-refractivity contribution is -0.187. The van der Waals surface area contributed by atoms with Crippen LogP contribution in [0.2, 0.25) is 0 Å². The van der Waals surface area contributed by atoms with Crippen molar-refractivity contribution in [2.75, 3.05) is 19.6 Å². The van der Waals surface area contributed by atoms with Gasteiger partial charge in [-0.1, -0.05) is 13.3 Å². The van der Waals surface area contributed by atoms with Crippen molar-refractivity contribution < 1.29 is 18.0 Å². The predicted octanol–water partition coefficient (Wildman–Crippen LogP) is 3.38. The highest BCUT2D eigenvalue weighted by Gasteiger charge is 2.44. The van der Waals surface area contributed by atoms with Crippen LogP contribution in [0.1, 0.15) is 45.4 Å². The fraction of sp³-hybridized carbons (Fsp3) is 0.933. The van der Waals surface area contributed by atoms with Crippen LogP contribution in [0.3, 0.4) is 0 Å². The Kier molecular flexibility index (Phi) is 7.46. The number of halogens is 4. The number of rotatable bonds is 4. The van der Waals surface area contributed by atoms with Crippen LogP contribution in [0.5, 0.6) is 0 Å². The molecule has 0 aromatic carbocycles. The fourth-order valence-corrected chi connectivity index (χ4v) is 3.56. The lowest BCUT2D eigenvalue weighted by Crippen LogP contribution is -2.46. The summed E-state index contributed by atoms with van der Waals surface area (Å²) in [7, 11) is 0. The fourth-order valence-electron chi connectivity index (χ4n) is 3.56. The first-order chi connectivity index (χ1) is 9.93. The molecule has 2 rings (SSSR count). The van der Waals surface area contributed by atoms with E-state index in [4.69, 9.17) is 0 Å². The summed E-state index contributed by atoms with van der Waals surface area (Å²) in [6.45, 7) is 4.30. The van der Waals surface area contributed by atoms with Crippen molar-refractivity contribution in [2.24, 2.45) is 11.8 Å². The largest absolute Gasteiger partial charge is 0.391 e. The first-order valence-corrected chi connectivity index (χ1v) is 8.01. The van der Waals surface area contributed by atoms with Crippen LogP contribution in [0.15, 0.2) is 0 Å². The van der Waals surface area contributed by atoms with Crippen molar-refractivity contribution >= 4 is 18.3 Å². The van der Waals surface area contributed by atoms with Gasteiger partial charge in [0.15, 0.2) is 0 Å². The number of alkyl halides is 3. The molecule has 2 fully saturated rings. The molecule has 7 heteroatoms. The molecule has 1 aliphatic carbocycles. The number of nitrogens with one attached hydrogen (secondary N) is 1. The highest BCUT2D eigenvalue weighted by atomic mass is 35.5. The monoisotopic (exact) mass is 342 g/mol. The highest BCUT2D eigenvalue weighted by molar-refractivity contribution is 5.85. The molecule has 1 aliphatic heterocycles. The molecule has 22 heavy (non-hydrogen) atoms. The topological polar surface area (TPSA) is 32.3 Å². The second-order valence-electron chi connectivity index (χ2n) is 6.28. The van der Waals surface area contributed by atoms with E-state index in [2.05, 4.69) is 5.32 Å². The van der Waals surface area contributed by atoms with Gasteiger partial charge in [-0.3, -0.25) is 4.79 Å². The van der Waals surface area contributed by atoms with Crippen LogP contribution in [0, 0.1) is 11.8 Å². The summed E-state index contributed by atoms with van der Waals surface area (Å²) in [5.41, 5.74) is 0. The minimum absolute atomic E-state index is 0. The van der Waals surface area contributed by atoms with Crippen molar-refractivity contribution in [1.82, 2.24) is 10.2 Å². The van der Waals surface area contributed by atoms with Crippen LogP contribution in [-0.4, -0.2) is 42.7 Å². The van der Waals surface area contributed by atoms with E-state index in [1.165, 1.54) is 0 Å². The Morgan fingerprint density at radius 2 is 2.00 bits per heavy atom. The van der Waals surface area contributed by atoms with Gasteiger partial charge in [-0.2, -0.15) is 13.2 Å². The smallest absolute Gasteiger partial charge is 0.338 e. The summed E-state index contributed by atoms with van der Waals surface area (Å²) in [5.74, 6) is -1.80. The van der Waals surface area contributed by atoms with Gasteiger partial charge in [0.25, 0.3) is 0 Å². The van der Waals surface area contributed by atoms with E-state index < -0.39 is 18.0 Å². The van der Waals surface area contributed by atoms with Crippen LogP contribution >= 0.6 is 12.4 Å². The molecule has 1 saturated heterocycles. The predicted molar refractivity (Wildman–Crippen MR) is 82.0 cm³/mol. The van der Waals surface area contributed by atoms with E-state index in [1.54, 1.807) is 0 Å². The zero-order chi connectivity index (χ0) is 15.5. The molecule has 0 radical (unpaired) electrons. The molecule has 130 valence electrons. The average molecular weight is 343 g/mol. The lowest BCUT2D eigenvalue weighted by Gasteiger charge is -2.36. The molecule has 2 aliphatic rings. The third kappa shape index (κ3) is 4.75. The van der Waals surface area contributed by atoms with Crippen LogP contribution in [-0.2, 0) is 4.79 Å². The highest BCUT2D eigenvalue weighted by Crippen LogP contribution is 2.40. The Morgan fingerprint density at radius 3 is 2.55 bits per heavy atom. The van der Waals surface area contributed by atoms with Gasteiger partial charge >= 0.3 is 6.18 Å². The molecule has 1 saturated carbocycles. The van der Waals surface area contributed by atoms with Crippen LogP contribution < -0.4 is 5.32 Å². The van der Waals surface area contributed by atoms with Gasteiger partial charge in [-0.15, -0.1) is 12.4 Å². The summed E-state index contributed by atoms with van der Waals surface area (Å²) in [6, 6.07) is 0.156. The number of hydrogen-bond donors (Lipinski definition) is 1. The summed E-state index contributed by atoms with van der Waals surface area (Å²) in [6.07, 6.45) is -1.16. The maximum Gasteiger partial charge on any atom is 0.391 e. The Hall–Kier alpha value is -0.490. The average Bonchev–Trinajstić information content (AvgIpc) is 2.97. The number of nitrogens with zero attached hydrogens (tertiary/aromatic N) is 1. The summed E-state index contributed by atoms with van der Waals surface area (Å²) in [4.78, 5) is 14.5. The van der Waals surface area contributed by atoms with Crippen molar-refractivity contribution in [3.05, 3.63) is 0 Å². The van der Waals surface area contributed by atoms with Crippen molar-refractivity contribution in [3.8, 4) is 0 Å². The van der Waals surface area contributed by atoms with Gasteiger partial charge in [0.2, 0.25) is 5.91 Å². The van der Waals surface area contributed by atoms with Gasteiger partial charge in [0.1, 0.15) is 0 Å². The third-order valence-corrected chi connectivity index (χ3v) is 4.71. The number of carbonyl (C=O) groups excluding carboxylic acids is 1. The lowest BCUT2D eigenvalue weighted by atomic mass is 9.80. The Balaban J connectivity index is 0.00000242. The molecule has 3 unspecified atom stereocenters. The van der Waals surface area contributed by atoms with Gasteiger partial charge in [-0.05, 0) is 38.6 Å². The first-order valence-electron chi connectivity index (χ1n) is 8.01. The van der Waals surface area contributed by atoms with Crippen molar-refractivity contribution in [2.45, 2.75) is 57.7 Å². The van der Waals surface area contributed by atoms with E-state index in [0.717, 1.165) is 25.9 Å². The van der Waals surface area contributed by atoms with E-state index in [-0.39, 0.29) is 37.2 Å². The maximum absolute atomic E-state index is 12.9. The Bertz CT molecular complexity index is 359. The zero-order valence-electron chi connectivity index (χ0n) is 13.0. The van der Waals surface area contributed by atoms with E-state index in [9.17, 15) is 18.0 Å². The van der Waals surface area contributed by atoms with E-state index in [1.807, 2.05) is 11.8 Å². The minimum atomic E-state index is -4.16. The maximum atomic E-state index is 12.9. The molecule has 1 N–H and O–H groups in total. The third-order valence-electron chi connectivity index (χ3n) is 4.71.